The number of carbonyl (C=O) groups excluding carboxylic acids is 2. The molecule has 162 valence electrons. The maximum Gasteiger partial charge on any atom is 0.266 e. The Morgan fingerprint density at radius 3 is 2.48 bits per heavy atom. The molecule has 2 aliphatic heterocycles. The number of thioether (sulfide) groups is 1. The van der Waals surface area contributed by atoms with Gasteiger partial charge in [0.15, 0.2) is 0 Å². The molecule has 3 atom stereocenters. The van der Waals surface area contributed by atoms with Crippen molar-refractivity contribution < 1.29 is 14.1 Å². The molecule has 1 amide bonds. The highest BCUT2D eigenvalue weighted by molar-refractivity contribution is 7.98. The summed E-state index contributed by atoms with van der Waals surface area (Å²) in [6.45, 7) is 1.78. The molecule has 7 nitrogen and oxygen atoms in total. The first-order valence-electron chi connectivity index (χ1n) is 10.2. The Labute approximate surface area is 177 Å². The molecule has 0 spiro atoms. The van der Waals surface area contributed by atoms with Crippen LogP contribution in [-0.2, 0) is 9.59 Å². The first-order chi connectivity index (χ1) is 14.0. The van der Waals surface area contributed by atoms with Crippen molar-refractivity contribution in [1.82, 2.24) is 20.2 Å². The monoisotopic (exact) mass is 425 g/mol. The molecule has 1 saturated carbocycles. The van der Waals surface area contributed by atoms with Crippen molar-refractivity contribution in [3.8, 4) is 6.07 Å². The number of nitrogens with zero attached hydrogens (tertiary/aromatic N) is 4. The van der Waals surface area contributed by atoms with E-state index in [1.807, 2.05) is 6.26 Å². The normalized spacial score (nSPS) is 26.2. The van der Waals surface area contributed by atoms with Crippen molar-refractivity contribution >= 4 is 24.0 Å². The van der Waals surface area contributed by atoms with Gasteiger partial charge in [-0.25, -0.2) is 0 Å². The fraction of sp³-hybridized carbons (Fsp3) is 0.750. The number of nitriles is 1. The summed E-state index contributed by atoms with van der Waals surface area (Å²) in [6.07, 6.45) is 7.18. The molecular formula is C20H32FN5O2S. The molecule has 0 aromatic carbocycles. The van der Waals surface area contributed by atoms with Crippen LogP contribution in [0, 0.1) is 17.2 Å². The molecule has 1 saturated heterocycles. The lowest BCUT2D eigenvalue weighted by Gasteiger charge is -2.47. The number of piperazine rings is 1. The number of fused-ring (bicyclic) bond motifs is 1. The number of halogens is 1. The molecule has 1 N–H and O–H groups in total. The number of nitrogens with one attached hydrogen (secondary N) is 1. The minimum absolute atomic E-state index is 0.0324. The van der Waals surface area contributed by atoms with E-state index in [9.17, 15) is 19.3 Å². The van der Waals surface area contributed by atoms with Gasteiger partial charge < -0.3 is 19.9 Å². The second-order valence-corrected chi connectivity index (χ2v) is 8.54. The maximum absolute atomic E-state index is 13.2. The van der Waals surface area contributed by atoms with Crippen LogP contribution in [0.4, 0.5) is 4.48 Å². The summed E-state index contributed by atoms with van der Waals surface area (Å²) in [6, 6.07) is 2.34. The molecule has 9 heteroatoms. The average molecular weight is 426 g/mol. The number of carbonyl (C=O) groups is 2. The second kappa shape index (κ2) is 11.5. The Bertz CT molecular complexity index is 645. The van der Waals surface area contributed by atoms with Crippen LogP contribution < -0.4 is 5.32 Å². The van der Waals surface area contributed by atoms with E-state index in [0.29, 0.717) is 26.2 Å². The fourth-order valence-electron chi connectivity index (χ4n) is 4.31. The van der Waals surface area contributed by atoms with E-state index in [1.165, 1.54) is 0 Å². The summed E-state index contributed by atoms with van der Waals surface area (Å²) in [5, 5.41) is 13.1. The van der Waals surface area contributed by atoms with E-state index < -0.39 is 0 Å². The number of hydrogen-bond acceptors (Lipinski definition) is 7. The smallest absolute Gasteiger partial charge is 0.266 e. The zero-order valence-corrected chi connectivity index (χ0v) is 18.4. The predicted octanol–water partition coefficient (Wildman–Crippen LogP) is 1.43. The van der Waals surface area contributed by atoms with E-state index in [2.05, 4.69) is 16.3 Å². The van der Waals surface area contributed by atoms with Gasteiger partial charge in [-0.3, -0.25) is 4.79 Å². The third-order valence-electron chi connectivity index (χ3n) is 5.93. The van der Waals surface area contributed by atoms with Gasteiger partial charge in [0.2, 0.25) is 0 Å². The summed E-state index contributed by atoms with van der Waals surface area (Å²) in [7, 11) is 3.59. The van der Waals surface area contributed by atoms with Gasteiger partial charge in [0.25, 0.3) is 5.91 Å². The van der Waals surface area contributed by atoms with Gasteiger partial charge in [0, 0.05) is 56.6 Å². The number of rotatable bonds is 5. The molecule has 0 radical (unpaired) electrons. The van der Waals surface area contributed by atoms with E-state index in [1.54, 1.807) is 30.8 Å². The maximum atomic E-state index is 13.2. The minimum Gasteiger partial charge on any atom is -0.371 e. The fourth-order valence-corrected chi connectivity index (χ4v) is 4.91. The van der Waals surface area contributed by atoms with E-state index in [4.69, 9.17) is 0 Å². The minimum atomic E-state index is -0.168. The lowest BCUT2D eigenvalue weighted by molar-refractivity contribution is -0.131. The van der Waals surface area contributed by atoms with Gasteiger partial charge in [0.05, 0.1) is 6.04 Å². The van der Waals surface area contributed by atoms with Crippen LogP contribution in [0.25, 0.3) is 0 Å². The second-order valence-electron chi connectivity index (χ2n) is 7.63. The van der Waals surface area contributed by atoms with Crippen molar-refractivity contribution in [2.75, 3.05) is 52.3 Å². The highest BCUT2D eigenvalue weighted by atomic mass is 32.2. The molecule has 3 rings (SSSR count). The number of hydrogen-bond donors (Lipinski definition) is 1. The summed E-state index contributed by atoms with van der Waals surface area (Å²) in [5.41, 5.74) is 1.16. The lowest BCUT2D eigenvalue weighted by Crippen LogP contribution is -2.54. The highest BCUT2D eigenvalue weighted by Gasteiger charge is 2.43. The van der Waals surface area contributed by atoms with Crippen molar-refractivity contribution in [3.05, 3.63) is 11.3 Å². The number of likely N-dealkylation sites (N-methyl/N-ethyl adjacent to an activating group) is 2. The average Bonchev–Trinajstić information content (AvgIpc) is 2.75. The Hall–Kier alpha value is -1.63. The van der Waals surface area contributed by atoms with Gasteiger partial charge >= 0.3 is 0 Å². The largest absolute Gasteiger partial charge is 0.371 e. The standard InChI is InChI=1S/C15H21FN4O.C5H11NOS/c1-18-13-5-3-2-4-11(13)14(12(10-17)15(18)21)19-6-8-20(16)9-7-19;1-6-5(3-7)4-8-2/h11,13H,2-9H2,1H3;3,5-6H,4H2,1-2H3. The van der Waals surface area contributed by atoms with Crippen molar-refractivity contribution in [2.45, 2.75) is 37.8 Å². The van der Waals surface area contributed by atoms with Gasteiger partial charge in [-0.2, -0.15) is 17.0 Å². The molecule has 29 heavy (non-hydrogen) atoms. The zero-order chi connectivity index (χ0) is 21.4. The third-order valence-corrected chi connectivity index (χ3v) is 6.62. The molecule has 3 aliphatic rings. The van der Waals surface area contributed by atoms with E-state index in [-0.39, 0.29) is 29.5 Å². The molecule has 1 aliphatic carbocycles. The first-order valence-corrected chi connectivity index (χ1v) is 11.6. The Kier molecular flexibility index (Phi) is 9.40. The lowest BCUT2D eigenvalue weighted by atomic mass is 9.77. The predicted molar refractivity (Wildman–Crippen MR) is 113 cm³/mol. The summed E-state index contributed by atoms with van der Waals surface area (Å²) < 4.78 is 13.2. The molecule has 0 aromatic rings. The van der Waals surface area contributed by atoms with E-state index in [0.717, 1.165) is 48.5 Å². The van der Waals surface area contributed by atoms with Crippen LogP contribution in [0.2, 0.25) is 0 Å². The number of aldehydes is 1. The van der Waals surface area contributed by atoms with Crippen LogP contribution in [0.1, 0.15) is 25.7 Å². The van der Waals surface area contributed by atoms with Crippen molar-refractivity contribution in [1.29, 1.82) is 5.26 Å². The van der Waals surface area contributed by atoms with E-state index >= 15 is 0 Å². The molecule has 2 heterocycles. The summed E-state index contributed by atoms with van der Waals surface area (Å²) >= 11 is 1.67. The topological polar surface area (TPSA) is 79.7 Å². The van der Waals surface area contributed by atoms with Crippen LogP contribution in [-0.4, -0.2) is 91.5 Å². The Balaban J connectivity index is 0.000000321. The quantitative estimate of drug-likeness (QED) is 0.527. The Morgan fingerprint density at radius 1 is 1.31 bits per heavy atom. The van der Waals surface area contributed by atoms with Crippen LogP contribution >= 0.6 is 11.8 Å². The van der Waals surface area contributed by atoms with Gasteiger partial charge in [-0.05, 0) is 26.1 Å². The van der Waals surface area contributed by atoms with Crippen molar-refractivity contribution in [3.63, 3.8) is 0 Å². The molecule has 3 unspecified atom stereocenters. The summed E-state index contributed by atoms with van der Waals surface area (Å²) in [4.78, 5) is 26.3. The third kappa shape index (κ3) is 5.71. The SMILES string of the molecule is CN1C(=O)C(C#N)=C(N2CCN(F)CC2)C2CCCCC21.CNC(C=O)CSC. The molecule has 0 bridgehead atoms. The molecule has 2 fully saturated rings. The van der Waals surface area contributed by atoms with Gasteiger partial charge in [-0.15, -0.1) is 9.60 Å². The van der Waals surface area contributed by atoms with Crippen molar-refractivity contribution in [2.24, 2.45) is 5.92 Å². The van der Waals surface area contributed by atoms with Crippen LogP contribution in [0.5, 0.6) is 0 Å². The van der Waals surface area contributed by atoms with Gasteiger partial charge in [-0.1, -0.05) is 12.8 Å². The van der Waals surface area contributed by atoms with Crippen LogP contribution in [0.3, 0.4) is 0 Å². The zero-order valence-electron chi connectivity index (χ0n) is 17.6. The summed E-state index contributed by atoms with van der Waals surface area (Å²) in [5.74, 6) is 0.931. The van der Waals surface area contributed by atoms with Crippen LogP contribution in [0.15, 0.2) is 11.3 Å². The molecular weight excluding hydrogens is 393 g/mol. The number of amides is 1. The highest BCUT2D eigenvalue weighted by Crippen LogP contribution is 2.40. The first kappa shape index (κ1) is 23.6. The molecule has 0 aromatic heterocycles. The Morgan fingerprint density at radius 2 is 1.97 bits per heavy atom. The van der Waals surface area contributed by atoms with Gasteiger partial charge in [0.1, 0.15) is 17.9 Å².